The minimum Gasteiger partial charge on any atom is -0.466 e. The first kappa shape index (κ1) is 21.8. The molecule has 1 unspecified atom stereocenters. The van der Waals surface area contributed by atoms with Crippen molar-refractivity contribution in [2.75, 3.05) is 33.0 Å². The lowest BCUT2D eigenvalue weighted by atomic mass is 10.4. The molecule has 142 valence electrons. The summed E-state index contributed by atoms with van der Waals surface area (Å²) in [5.74, 6) is -1.51. The quantitative estimate of drug-likeness (QED) is 0.369. The molecule has 0 aliphatic heterocycles. The van der Waals surface area contributed by atoms with Crippen molar-refractivity contribution in [3.05, 3.63) is 0 Å². The molecule has 1 aliphatic rings. The van der Waals surface area contributed by atoms with Crippen LogP contribution in [0.2, 0.25) is 0 Å². The van der Waals surface area contributed by atoms with Crippen molar-refractivity contribution in [3.63, 3.8) is 0 Å². The number of rotatable bonds is 12. The average Bonchev–Trinajstić information content (AvgIpc) is 3.26. The van der Waals surface area contributed by atoms with Crippen LogP contribution in [0.1, 0.15) is 41.0 Å². The largest absolute Gasteiger partial charge is 0.466 e. The van der Waals surface area contributed by atoms with Gasteiger partial charge in [-0.05, 0) is 41.0 Å². The monoisotopic (exact) mass is 386 g/mol. The molecular formula is C14H28O8P2. The average molecular weight is 386 g/mol. The summed E-state index contributed by atoms with van der Waals surface area (Å²) < 4.78 is 53.4. The fourth-order valence-corrected chi connectivity index (χ4v) is 8.80. The van der Waals surface area contributed by atoms with Crippen molar-refractivity contribution >= 4 is 21.2 Å². The third-order valence-corrected chi connectivity index (χ3v) is 10.4. The van der Waals surface area contributed by atoms with Crippen molar-refractivity contribution in [1.82, 2.24) is 0 Å². The molecule has 1 atom stereocenters. The predicted octanol–water partition coefficient (Wildman–Crippen LogP) is 3.80. The van der Waals surface area contributed by atoms with Crippen molar-refractivity contribution in [1.29, 1.82) is 0 Å². The van der Waals surface area contributed by atoms with Gasteiger partial charge in [0.1, 0.15) is 0 Å². The van der Waals surface area contributed by atoms with Gasteiger partial charge in [0.2, 0.25) is 0 Å². The Morgan fingerprint density at radius 2 is 1.21 bits per heavy atom. The molecule has 0 amide bonds. The zero-order valence-corrected chi connectivity index (χ0v) is 16.8. The summed E-state index contributed by atoms with van der Waals surface area (Å²) in [5, 5.41) is 0. The molecule has 0 spiro atoms. The van der Waals surface area contributed by atoms with Crippen LogP contribution in [0.15, 0.2) is 0 Å². The summed E-state index contributed by atoms with van der Waals surface area (Å²) in [6, 6.07) is 0. The molecule has 0 aromatic rings. The molecule has 0 bridgehead atoms. The van der Waals surface area contributed by atoms with Crippen LogP contribution in [0.25, 0.3) is 0 Å². The highest BCUT2D eigenvalue weighted by molar-refractivity contribution is 7.75. The number of hydrogen-bond donors (Lipinski definition) is 0. The van der Waals surface area contributed by atoms with Crippen LogP contribution in [0.3, 0.4) is 0 Å². The highest BCUT2D eigenvalue weighted by atomic mass is 31.2. The zero-order valence-electron chi connectivity index (χ0n) is 15.0. The first-order chi connectivity index (χ1) is 11.3. The Hall–Kier alpha value is -0.230. The van der Waals surface area contributed by atoms with Gasteiger partial charge in [0.25, 0.3) is 0 Å². The van der Waals surface area contributed by atoms with Crippen LogP contribution in [0.5, 0.6) is 0 Å². The molecule has 0 heterocycles. The normalized spacial score (nSPS) is 20.0. The molecule has 0 saturated heterocycles. The third kappa shape index (κ3) is 3.79. The maximum Gasteiger partial charge on any atom is 0.349 e. The minimum absolute atomic E-state index is 0.0143. The molecule has 0 N–H and O–H groups in total. The molecule has 1 rings (SSSR count). The molecule has 1 saturated carbocycles. The summed E-state index contributed by atoms with van der Waals surface area (Å²) >= 11 is 0. The van der Waals surface area contributed by atoms with Crippen molar-refractivity contribution in [3.8, 4) is 0 Å². The van der Waals surface area contributed by atoms with Crippen LogP contribution in [0, 0.1) is 5.92 Å². The molecule has 0 radical (unpaired) electrons. The van der Waals surface area contributed by atoms with E-state index >= 15 is 0 Å². The second-order valence-corrected chi connectivity index (χ2v) is 10.0. The summed E-state index contributed by atoms with van der Waals surface area (Å²) in [6.45, 7) is 8.71. The van der Waals surface area contributed by atoms with Gasteiger partial charge in [0.05, 0.1) is 39.0 Å². The van der Waals surface area contributed by atoms with Gasteiger partial charge in [0.15, 0.2) is 4.90 Å². The van der Waals surface area contributed by atoms with E-state index in [0.717, 1.165) is 0 Å². The number of ether oxygens (including phenoxy) is 1. The van der Waals surface area contributed by atoms with Crippen LogP contribution in [-0.4, -0.2) is 43.9 Å². The second kappa shape index (κ2) is 8.93. The van der Waals surface area contributed by atoms with E-state index < -0.39 is 32.0 Å². The topological polar surface area (TPSA) is 97.4 Å². The van der Waals surface area contributed by atoms with Gasteiger partial charge in [-0.2, -0.15) is 0 Å². The SMILES string of the molecule is CCOC(=O)C1CC1(P(=O)(OCC)OCC)P(=O)(OCC)OCC. The Labute approximate surface area is 143 Å². The smallest absolute Gasteiger partial charge is 0.349 e. The van der Waals surface area contributed by atoms with E-state index in [1.165, 1.54) is 0 Å². The van der Waals surface area contributed by atoms with E-state index in [1.807, 2.05) is 0 Å². The van der Waals surface area contributed by atoms with Crippen LogP contribution < -0.4 is 0 Å². The Kier molecular flexibility index (Phi) is 8.11. The van der Waals surface area contributed by atoms with E-state index in [4.69, 9.17) is 22.8 Å². The van der Waals surface area contributed by atoms with Gasteiger partial charge in [-0.25, -0.2) is 0 Å². The fourth-order valence-electron chi connectivity index (χ4n) is 2.71. The standard InChI is InChI=1S/C14H28O8P2/c1-6-18-13(15)12-11-14(12,23(16,19-7-2)20-8-3)24(17,21-9-4)22-10-5/h12H,6-11H2,1-5H3. The Bertz CT molecular complexity index is 471. The molecule has 10 heteroatoms. The molecule has 24 heavy (non-hydrogen) atoms. The molecule has 1 fully saturated rings. The molecule has 1 aliphatic carbocycles. The third-order valence-electron chi connectivity index (χ3n) is 3.62. The number of hydrogen-bond acceptors (Lipinski definition) is 8. The van der Waals surface area contributed by atoms with E-state index in [0.29, 0.717) is 0 Å². The second-order valence-electron chi connectivity index (χ2n) is 5.05. The lowest BCUT2D eigenvalue weighted by Crippen LogP contribution is -2.25. The lowest BCUT2D eigenvalue weighted by Gasteiger charge is -2.32. The van der Waals surface area contributed by atoms with E-state index in [1.54, 1.807) is 34.6 Å². The zero-order chi connectivity index (χ0) is 18.4. The molecule has 0 aromatic carbocycles. The molecular weight excluding hydrogens is 358 g/mol. The fraction of sp³-hybridized carbons (Fsp3) is 0.929. The molecule has 8 nitrogen and oxygen atoms in total. The number of esters is 1. The maximum absolute atomic E-state index is 13.4. The van der Waals surface area contributed by atoms with Crippen LogP contribution in [0.4, 0.5) is 0 Å². The van der Waals surface area contributed by atoms with Crippen molar-refractivity contribution in [2.45, 2.75) is 45.9 Å². The van der Waals surface area contributed by atoms with Crippen LogP contribution in [-0.2, 0) is 36.8 Å². The number of carbonyl (C=O) groups is 1. The minimum atomic E-state index is -3.94. The van der Waals surface area contributed by atoms with Gasteiger partial charge >= 0.3 is 21.2 Å². The highest BCUT2D eigenvalue weighted by Gasteiger charge is 2.82. The van der Waals surface area contributed by atoms with E-state index in [9.17, 15) is 13.9 Å². The van der Waals surface area contributed by atoms with Gasteiger partial charge < -0.3 is 22.8 Å². The van der Waals surface area contributed by atoms with Crippen molar-refractivity contribution < 1.29 is 36.8 Å². The summed E-state index contributed by atoms with van der Waals surface area (Å²) in [5.41, 5.74) is 0. The van der Waals surface area contributed by atoms with E-state index in [2.05, 4.69) is 0 Å². The Morgan fingerprint density at radius 1 is 0.833 bits per heavy atom. The molecule has 0 aromatic heterocycles. The first-order valence-corrected chi connectivity index (χ1v) is 11.4. The van der Waals surface area contributed by atoms with E-state index in [-0.39, 0.29) is 39.5 Å². The lowest BCUT2D eigenvalue weighted by molar-refractivity contribution is -0.144. The Balaban J connectivity index is 3.40. The predicted molar refractivity (Wildman–Crippen MR) is 89.2 cm³/mol. The first-order valence-electron chi connectivity index (χ1n) is 8.27. The van der Waals surface area contributed by atoms with Gasteiger partial charge in [0, 0.05) is 0 Å². The summed E-state index contributed by atoms with van der Waals surface area (Å²) in [4.78, 5) is 10.6. The van der Waals surface area contributed by atoms with Crippen LogP contribution >= 0.6 is 15.2 Å². The number of carbonyl (C=O) groups excluding carboxylic acids is 1. The Morgan fingerprint density at radius 3 is 1.50 bits per heavy atom. The van der Waals surface area contributed by atoms with Gasteiger partial charge in [-0.3, -0.25) is 13.9 Å². The van der Waals surface area contributed by atoms with Crippen molar-refractivity contribution in [2.24, 2.45) is 5.92 Å². The highest BCUT2D eigenvalue weighted by Crippen LogP contribution is 2.89. The summed E-state index contributed by atoms with van der Waals surface area (Å²) in [7, 11) is -7.88. The van der Waals surface area contributed by atoms with Gasteiger partial charge in [-0.15, -0.1) is 0 Å². The van der Waals surface area contributed by atoms with Gasteiger partial charge in [-0.1, -0.05) is 0 Å². The summed E-state index contributed by atoms with van der Waals surface area (Å²) in [6.07, 6.45) is 0.0143. The maximum atomic E-state index is 13.4.